The SMILES string of the molecule is N#C/C(=C\c1cc(F)ccc1F)C(=O)Nc1ccc(SC(F)F)cc1. The summed E-state index contributed by atoms with van der Waals surface area (Å²) in [5.74, 6) is -4.89. The maximum absolute atomic E-state index is 13.6. The van der Waals surface area contributed by atoms with Crippen LogP contribution in [-0.4, -0.2) is 11.7 Å². The smallest absolute Gasteiger partial charge is 0.288 e. The molecule has 1 N–H and O–H groups in total. The van der Waals surface area contributed by atoms with Crippen LogP contribution in [0.1, 0.15) is 5.56 Å². The Morgan fingerprint density at radius 2 is 1.84 bits per heavy atom. The number of carbonyl (C=O) groups is 1. The van der Waals surface area contributed by atoms with Gasteiger partial charge < -0.3 is 5.32 Å². The summed E-state index contributed by atoms with van der Waals surface area (Å²) in [5.41, 5.74) is -0.407. The van der Waals surface area contributed by atoms with Crippen molar-refractivity contribution in [3.8, 4) is 6.07 Å². The van der Waals surface area contributed by atoms with E-state index in [1.54, 1.807) is 6.07 Å². The molecule has 0 unspecified atom stereocenters. The number of nitrogens with zero attached hydrogens (tertiary/aromatic N) is 1. The number of carbonyl (C=O) groups excluding carboxylic acids is 1. The van der Waals surface area contributed by atoms with Crippen molar-refractivity contribution >= 4 is 29.4 Å². The molecule has 0 saturated carbocycles. The van der Waals surface area contributed by atoms with Gasteiger partial charge in [-0.2, -0.15) is 14.0 Å². The Bertz CT molecular complexity index is 845. The van der Waals surface area contributed by atoms with Crippen molar-refractivity contribution in [2.45, 2.75) is 10.7 Å². The third-order valence-electron chi connectivity index (χ3n) is 2.96. The van der Waals surface area contributed by atoms with Gasteiger partial charge in [0, 0.05) is 16.1 Å². The standard InChI is InChI=1S/C17H10F4N2OS/c18-12-1-6-15(19)10(8-12)7-11(9-22)16(24)23-13-2-4-14(5-3-13)25-17(20)21/h1-8,17H,(H,23,24)/b11-7+. The minimum atomic E-state index is -2.56. The number of hydrogen-bond donors (Lipinski definition) is 1. The first-order valence-corrected chi connectivity index (χ1v) is 7.70. The van der Waals surface area contributed by atoms with Crippen LogP contribution in [0.15, 0.2) is 52.9 Å². The molecule has 0 aliphatic rings. The predicted molar refractivity (Wildman–Crippen MR) is 86.9 cm³/mol. The Kier molecular flexibility index (Phi) is 6.19. The number of anilines is 1. The molecule has 0 saturated heterocycles. The molecular weight excluding hydrogens is 356 g/mol. The van der Waals surface area contributed by atoms with Crippen molar-refractivity contribution in [2.24, 2.45) is 0 Å². The van der Waals surface area contributed by atoms with Crippen LogP contribution < -0.4 is 5.32 Å². The lowest BCUT2D eigenvalue weighted by Gasteiger charge is -2.06. The molecule has 1 amide bonds. The Labute approximate surface area is 145 Å². The Balaban J connectivity index is 2.16. The zero-order chi connectivity index (χ0) is 18.4. The first-order valence-electron chi connectivity index (χ1n) is 6.82. The molecule has 2 aromatic carbocycles. The molecule has 0 aliphatic carbocycles. The van der Waals surface area contributed by atoms with Crippen molar-refractivity contribution in [1.29, 1.82) is 5.26 Å². The fourth-order valence-corrected chi connectivity index (χ4v) is 2.35. The van der Waals surface area contributed by atoms with E-state index in [-0.39, 0.29) is 11.3 Å². The van der Waals surface area contributed by atoms with E-state index in [2.05, 4.69) is 5.32 Å². The third kappa shape index (κ3) is 5.36. The van der Waals surface area contributed by atoms with Crippen molar-refractivity contribution in [3.05, 3.63) is 65.2 Å². The first kappa shape index (κ1) is 18.5. The second kappa shape index (κ2) is 8.35. The normalized spacial score (nSPS) is 11.3. The maximum atomic E-state index is 13.6. The minimum absolute atomic E-state index is 0.240. The van der Waals surface area contributed by atoms with E-state index < -0.39 is 28.9 Å². The number of alkyl halides is 2. The zero-order valence-corrected chi connectivity index (χ0v) is 13.3. The average Bonchev–Trinajstić information content (AvgIpc) is 2.56. The van der Waals surface area contributed by atoms with Gasteiger partial charge in [-0.15, -0.1) is 0 Å². The second-order valence-corrected chi connectivity index (χ2v) is 5.76. The monoisotopic (exact) mass is 366 g/mol. The van der Waals surface area contributed by atoms with E-state index >= 15 is 0 Å². The minimum Gasteiger partial charge on any atom is -0.321 e. The summed E-state index contributed by atoms with van der Waals surface area (Å²) < 4.78 is 51.2. The molecule has 0 atom stereocenters. The van der Waals surface area contributed by atoms with Gasteiger partial charge in [0.15, 0.2) is 0 Å². The highest BCUT2D eigenvalue weighted by molar-refractivity contribution is 7.99. The summed E-state index contributed by atoms with van der Waals surface area (Å²) in [6.07, 6.45) is 0.925. The summed E-state index contributed by atoms with van der Waals surface area (Å²) in [7, 11) is 0. The quantitative estimate of drug-likeness (QED) is 0.357. The lowest BCUT2D eigenvalue weighted by molar-refractivity contribution is -0.112. The largest absolute Gasteiger partial charge is 0.321 e. The highest BCUT2D eigenvalue weighted by Crippen LogP contribution is 2.26. The van der Waals surface area contributed by atoms with Gasteiger partial charge in [-0.05, 0) is 48.5 Å². The molecule has 2 aromatic rings. The van der Waals surface area contributed by atoms with Crippen LogP contribution >= 0.6 is 11.8 Å². The van der Waals surface area contributed by atoms with Crippen LogP contribution in [0, 0.1) is 23.0 Å². The summed E-state index contributed by atoms with van der Waals surface area (Å²) in [6, 6.07) is 9.81. The highest BCUT2D eigenvalue weighted by atomic mass is 32.2. The number of halogens is 4. The first-order chi connectivity index (χ1) is 11.9. The van der Waals surface area contributed by atoms with Crippen LogP contribution in [0.3, 0.4) is 0 Å². The summed E-state index contributed by atoms with van der Waals surface area (Å²) in [4.78, 5) is 12.4. The van der Waals surface area contributed by atoms with Gasteiger partial charge in [-0.25, -0.2) is 8.78 Å². The van der Waals surface area contributed by atoms with Crippen LogP contribution in [-0.2, 0) is 4.79 Å². The molecule has 0 spiro atoms. The van der Waals surface area contributed by atoms with Crippen molar-refractivity contribution in [3.63, 3.8) is 0 Å². The molecule has 0 radical (unpaired) electrons. The number of thioether (sulfide) groups is 1. The molecular formula is C17H10F4N2OS. The van der Waals surface area contributed by atoms with Gasteiger partial charge in [0.05, 0.1) is 0 Å². The van der Waals surface area contributed by atoms with E-state index in [0.29, 0.717) is 16.7 Å². The number of nitrogens with one attached hydrogen (secondary N) is 1. The van der Waals surface area contributed by atoms with Gasteiger partial charge in [0.25, 0.3) is 11.7 Å². The molecule has 0 aliphatic heterocycles. The molecule has 8 heteroatoms. The van der Waals surface area contributed by atoms with E-state index in [4.69, 9.17) is 5.26 Å². The molecule has 128 valence electrons. The number of rotatable bonds is 5. The molecule has 0 aromatic heterocycles. The molecule has 0 fully saturated rings. The molecule has 0 heterocycles. The Hall–Kier alpha value is -2.79. The fraction of sp³-hybridized carbons (Fsp3) is 0.0588. The molecule has 2 rings (SSSR count). The number of hydrogen-bond acceptors (Lipinski definition) is 3. The third-order valence-corrected chi connectivity index (χ3v) is 3.68. The summed E-state index contributed by atoms with van der Waals surface area (Å²) in [5, 5.41) is 11.4. The van der Waals surface area contributed by atoms with E-state index in [1.807, 2.05) is 0 Å². The molecule has 0 bridgehead atoms. The van der Waals surface area contributed by atoms with Gasteiger partial charge in [0.2, 0.25) is 0 Å². The van der Waals surface area contributed by atoms with Gasteiger partial charge in [-0.3, -0.25) is 4.79 Å². The summed E-state index contributed by atoms with van der Waals surface area (Å²) >= 11 is 0.355. The number of benzene rings is 2. The number of amides is 1. The molecule has 25 heavy (non-hydrogen) atoms. The molecule has 3 nitrogen and oxygen atoms in total. The van der Waals surface area contributed by atoms with Gasteiger partial charge >= 0.3 is 0 Å². The van der Waals surface area contributed by atoms with Gasteiger partial charge in [-0.1, -0.05) is 11.8 Å². The Morgan fingerprint density at radius 3 is 2.44 bits per heavy atom. The van der Waals surface area contributed by atoms with E-state index in [0.717, 1.165) is 24.3 Å². The average molecular weight is 366 g/mol. The van der Waals surface area contributed by atoms with E-state index in [9.17, 15) is 22.4 Å². The lowest BCUT2D eigenvalue weighted by Crippen LogP contribution is -2.13. The maximum Gasteiger partial charge on any atom is 0.288 e. The predicted octanol–water partition coefficient (Wildman–Crippen LogP) is 4.83. The van der Waals surface area contributed by atoms with Crippen LogP contribution in [0.25, 0.3) is 6.08 Å². The number of nitriles is 1. The van der Waals surface area contributed by atoms with Crippen molar-refractivity contribution in [1.82, 2.24) is 0 Å². The van der Waals surface area contributed by atoms with Crippen LogP contribution in [0.4, 0.5) is 23.2 Å². The highest BCUT2D eigenvalue weighted by Gasteiger charge is 2.12. The van der Waals surface area contributed by atoms with Crippen molar-refractivity contribution in [2.75, 3.05) is 5.32 Å². The van der Waals surface area contributed by atoms with Crippen LogP contribution in [0.5, 0.6) is 0 Å². The summed E-state index contributed by atoms with van der Waals surface area (Å²) in [6.45, 7) is 0. The fourth-order valence-electron chi connectivity index (χ4n) is 1.85. The van der Waals surface area contributed by atoms with E-state index in [1.165, 1.54) is 24.3 Å². The second-order valence-electron chi connectivity index (χ2n) is 4.69. The van der Waals surface area contributed by atoms with Crippen LogP contribution in [0.2, 0.25) is 0 Å². The topological polar surface area (TPSA) is 52.9 Å². The van der Waals surface area contributed by atoms with Gasteiger partial charge in [0.1, 0.15) is 23.3 Å². The Morgan fingerprint density at radius 1 is 1.16 bits per heavy atom. The van der Waals surface area contributed by atoms with Crippen molar-refractivity contribution < 1.29 is 22.4 Å². The zero-order valence-electron chi connectivity index (χ0n) is 12.5. The lowest BCUT2D eigenvalue weighted by atomic mass is 10.1.